The highest BCUT2D eigenvalue weighted by Crippen LogP contribution is 2.24. The lowest BCUT2D eigenvalue weighted by atomic mass is 10.0. The van der Waals surface area contributed by atoms with E-state index < -0.39 is 0 Å². The normalized spacial score (nSPS) is 10.1. The topological polar surface area (TPSA) is 58.0 Å². The minimum Gasteiger partial charge on any atom is -0.494 e. The molecule has 0 saturated carbocycles. The van der Waals surface area contributed by atoms with Crippen LogP contribution >= 0.6 is 0 Å². The van der Waals surface area contributed by atoms with E-state index in [9.17, 15) is 0 Å². The Balaban J connectivity index is 2.38. The summed E-state index contributed by atoms with van der Waals surface area (Å²) >= 11 is 0. The average Bonchev–Trinajstić information content (AvgIpc) is 2.40. The first-order chi connectivity index (χ1) is 8.85. The fourth-order valence-electron chi connectivity index (χ4n) is 2.01. The van der Waals surface area contributed by atoms with E-state index >= 15 is 0 Å². The van der Waals surface area contributed by atoms with Crippen molar-refractivity contribution in [3.05, 3.63) is 52.4 Å². The van der Waals surface area contributed by atoms with Crippen LogP contribution in [0.3, 0.4) is 0 Å². The lowest BCUT2D eigenvalue weighted by molar-refractivity contribution is 0.340. The van der Waals surface area contributed by atoms with Gasteiger partial charge in [0, 0.05) is 11.5 Å². The van der Waals surface area contributed by atoms with Crippen molar-refractivity contribution in [3.63, 3.8) is 0 Å². The molecule has 0 aromatic heterocycles. The molecular formula is C14H15N3O. The summed E-state index contributed by atoms with van der Waals surface area (Å²) in [5.41, 5.74) is 9.49. The summed E-state index contributed by atoms with van der Waals surface area (Å²) < 4.78 is 5.51. The minimum atomic E-state index is 0.481. The summed E-state index contributed by atoms with van der Waals surface area (Å²) in [5.74, 6) is 0.876. The third-order valence-corrected chi connectivity index (χ3v) is 2.80. The lowest BCUT2D eigenvalue weighted by Gasteiger charge is -2.08. The van der Waals surface area contributed by atoms with Crippen LogP contribution in [0.25, 0.3) is 21.2 Å². The Morgan fingerprint density at radius 2 is 2.17 bits per heavy atom. The molecule has 18 heavy (non-hydrogen) atoms. The fraction of sp³-hybridized carbons (Fsp3) is 0.286. The first-order valence-corrected chi connectivity index (χ1v) is 6.00. The Hall–Kier alpha value is -2.19. The number of fused-ring (bicyclic) bond motifs is 1. The monoisotopic (exact) mass is 241 g/mol. The second-order valence-corrected chi connectivity index (χ2v) is 3.94. The molecule has 0 atom stereocenters. The van der Waals surface area contributed by atoms with Gasteiger partial charge in [0.05, 0.1) is 6.61 Å². The predicted molar refractivity (Wildman–Crippen MR) is 72.8 cm³/mol. The van der Waals surface area contributed by atoms with E-state index in [4.69, 9.17) is 10.3 Å². The van der Waals surface area contributed by atoms with Gasteiger partial charge in [-0.25, -0.2) is 0 Å². The number of hydrogen-bond acceptors (Lipinski definition) is 2. The highest BCUT2D eigenvalue weighted by atomic mass is 16.5. The Kier molecular flexibility index (Phi) is 4.05. The largest absolute Gasteiger partial charge is 0.494 e. The third-order valence-electron chi connectivity index (χ3n) is 2.80. The molecule has 0 aliphatic rings. The van der Waals surface area contributed by atoms with Crippen molar-refractivity contribution in [3.8, 4) is 5.75 Å². The van der Waals surface area contributed by atoms with Crippen LogP contribution in [-0.2, 0) is 6.42 Å². The van der Waals surface area contributed by atoms with Crippen LogP contribution in [0.2, 0.25) is 0 Å². The first kappa shape index (κ1) is 12.3. The van der Waals surface area contributed by atoms with Crippen molar-refractivity contribution in [2.24, 2.45) is 5.11 Å². The molecule has 2 rings (SSSR count). The summed E-state index contributed by atoms with van der Waals surface area (Å²) in [7, 11) is 0. The standard InChI is InChI=1S/C14H15N3O/c1-2-18-13-7-6-11-4-3-5-12(14(11)10-13)8-9-16-17-15/h3-7,10H,2,8-9H2,1H3. The van der Waals surface area contributed by atoms with Gasteiger partial charge in [-0.1, -0.05) is 29.4 Å². The molecular weight excluding hydrogens is 226 g/mol. The van der Waals surface area contributed by atoms with Gasteiger partial charge in [-0.3, -0.25) is 0 Å². The number of nitrogens with zero attached hydrogens (tertiary/aromatic N) is 3. The van der Waals surface area contributed by atoms with Gasteiger partial charge in [-0.2, -0.15) is 0 Å². The van der Waals surface area contributed by atoms with Crippen LogP contribution < -0.4 is 4.74 Å². The number of rotatable bonds is 5. The molecule has 0 amide bonds. The van der Waals surface area contributed by atoms with Crippen molar-refractivity contribution in [2.45, 2.75) is 13.3 Å². The molecule has 92 valence electrons. The second kappa shape index (κ2) is 5.94. The van der Waals surface area contributed by atoms with Crippen molar-refractivity contribution in [2.75, 3.05) is 13.2 Å². The van der Waals surface area contributed by atoms with Crippen LogP contribution in [0.4, 0.5) is 0 Å². The van der Waals surface area contributed by atoms with Crippen molar-refractivity contribution >= 4 is 10.8 Å². The Labute approximate surface area is 106 Å². The highest BCUT2D eigenvalue weighted by molar-refractivity contribution is 5.87. The maximum atomic E-state index is 8.31. The smallest absolute Gasteiger partial charge is 0.119 e. The Morgan fingerprint density at radius 3 is 2.94 bits per heavy atom. The second-order valence-electron chi connectivity index (χ2n) is 3.94. The van der Waals surface area contributed by atoms with Crippen molar-refractivity contribution in [1.29, 1.82) is 0 Å². The average molecular weight is 241 g/mol. The number of azide groups is 1. The Morgan fingerprint density at radius 1 is 1.28 bits per heavy atom. The van der Waals surface area contributed by atoms with E-state index in [1.165, 1.54) is 10.9 Å². The molecule has 2 aromatic carbocycles. The summed E-state index contributed by atoms with van der Waals surface area (Å²) in [6.07, 6.45) is 0.747. The summed E-state index contributed by atoms with van der Waals surface area (Å²) in [6.45, 7) is 3.11. The van der Waals surface area contributed by atoms with Crippen LogP contribution in [0.5, 0.6) is 5.75 Å². The molecule has 0 unspecified atom stereocenters. The van der Waals surface area contributed by atoms with Crippen LogP contribution in [0.15, 0.2) is 41.5 Å². The molecule has 4 nitrogen and oxygen atoms in total. The van der Waals surface area contributed by atoms with E-state index in [0.29, 0.717) is 13.2 Å². The van der Waals surface area contributed by atoms with E-state index in [1.807, 2.05) is 25.1 Å². The fourth-order valence-corrected chi connectivity index (χ4v) is 2.01. The molecule has 0 aliphatic heterocycles. The van der Waals surface area contributed by atoms with Gasteiger partial charge in [0.2, 0.25) is 0 Å². The first-order valence-electron chi connectivity index (χ1n) is 6.00. The molecule has 0 bridgehead atoms. The zero-order valence-electron chi connectivity index (χ0n) is 10.3. The molecule has 0 fully saturated rings. The van der Waals surface area contributed by atoms with Crippen LogP contribution in [0.1, 0.15) is 12.5 Å². The van der Waals surface area contributed by atoms with Gasteiger partial charge in [-0.05, 0) is 47.3 Å². The summed E-state index contributed by atoms with van der Waals surface area (Å²) in [5, 5.41) is 5.92. The Bertz CT molecular complexity index is 589. The van der Waals surface area contributed by atoms with Gasteiger partial charge >= 0.3 is 0 Å². The van der Waals surface area contributed by atoms with Gasteiger partial charge < -0.3 is 4.74 Å². The zero-order chi connectivity index (χ0) is 12.8. The zero-order valence-corrected chi connectivity index (χ0v) is 10.3. The lowest BCUT2D eigenvalue weighted by Crippen LogP contribution is -1.93. The van der Waals surface area contributed by atoms with Gasteiger partial charge in [0.1, 0.15) is 5.75 Å². The van der Waals surface area contributed by atoms with E-state index in [0.717, 1.165) is 17.6 Å². The van der Waals surface area contributed by atoms with E-state index in [2.05, 4.69) is 28.2 Å². The molecule has 2 aromatic rings. The maximum absolute atomic E-state index is 8.31. The van der Waals surface area contributed by atoms with Crippen LogP contribution in [-0.4, -0.2) is 13.2 Å². The van der Waals surface area contributed by atoms with Crippen molar-refractivity contribution < 1.29 is 4.74 Å². The molecule has 0 N–H and O–H groups in total. The number of hydrogen-bond donors (Lipinski definition) is 0. The van der Waals surface area contributed by atoms with Gasteiger partial charge in [-0.15, -0.1) is 0 Å². The van der Waals surface area contributed by atoms with Crippen LogP contribution in [0, 0.1) is 0 Å². The molecule has 4 heteroatoms. The number of ether oxygens (including phenoxy) is 1. The molecule has 0 aliphatic carbocycles. The number of benzene rings is 2. The molecule has 0 heterocycles. The van der Waals surface area contributed by atoms with Crippen molar-refractivity contribution in [1.82, 2.24) is 0 Å². The van der Waals surface area contributed by atoms with Gasteiger partial charge in [0.25, 0.3) is 0 Å². The SMILES string of the molecule is CCOc1ccc2cccc(CCN=[N+]=[N-])c2c1. The maximum Gasteiger partial charge on any atom is 0.119 e. The molecule has 0 spiro atoms. The summed E-state index contributed by atoms with van der Waals surface area (Å²) in [4.78, 5) is 2.78. The third kappa shape index (κ3) is 2.73. The molecule has 0 radical (unpaired) electrons. The van der Waals surface area contributed by atoms with E-state index in [-0.39, 0.29) is 0 Å². The predicted octanol–water partition coefficient (Wildman–Crippen LogP) is 4.09. The van der Waals surface area contributed by atoms with E-state index in [1.54, 1.807) is 0 Å². The highest BCUT2D eigenvalue weighted by Gasteiger charge is 2.02. The molecule has 0 saturated heterocycles. The summed E-state index contributed by atoms with van der Waals surface area (Å²) in [6, 6.07) is 12.2. The quantitative estimate of drug-likeness (QED) is 0.442. The van der Waals surface area contributed by atoms with Gasteiger partial charge in [0.15, 0.2) is 0 Å². The minimum absolute atomic E-state index is 0.481.